The van der Waals surface area contributed by atoms with Crippen molar-refractivity contribution in [3.8, 4) is 0 Å². The van der Waals surface area contributed by atoms with E-state index < -0.39 is 0 Å². The maximum Gasteiger partial charge on any atom is 0.0367 e. The number of benzene rings is 1. The predicted octanol–water partition coefficient (Wildman–Crippen LogP) is 5.20. The van der Waals surface area contributed by atoms with Gasteiger partial charge >= 0.3 is 0 Å². The first-order chi connectivity index (χ1) is 8.47. The molecular weight excluding hydrogens is 240 g/mol. The van der Waals surface area contributed by atoms with Crippen molar-refractivity contribution >= 4 is 11.6 Å². The van der Waals surface area contributed by atoms with E-state index in [1.54, 1.807) is 0 Å². The molecule has 0 saturated heterocycles. The van der Waals surface area contributed by atoms with Crippen molar-refractivity contribution in [1.29, 1.82) is 0 Å². The van der Waals surface area contributed by atoms with Crippen LogP contribution in [-0.2, 0) is 6.42 Å². The molecule has 3 atom stereocenters. The van der Waals surface area contributed by atoms with Gasteiger partial charge in [-0.25, -0.2) is 0 Å². The summed E-state index contributed by atoms with van der Waals surface area (Å²) in [6, 6.07) is 4.61. The van der Waals surface area contributed by atoms with E-state index in [9.17, 15) is 0 Å². The van der Waals surface area contributed by atoms with Crippen LogP contribution < -0.4 is 0 Å². The largest absolute Gasteiger partial charge is 0.123 e. The molecule has 0 bridgehead atoms. The Bertz CT molecular complexity index is 399. The molecule has 1 saturated carbocycles. The van der Waals surface area contributed by atoms with E-state index in [2.05, 4.69) is 39.8 Å². The Balaban J connectivity index is 2.18. The molecule has 0 heterocycles. The Morgan fingerprint density at radius 3 is 2.33 bits per heavy atom. The van der Waals surface area contributed by atoms with Crippen LogP contribution in [-0.4, -0.2) is 5.38 Å². The monoisotopic (exact) mass is 264 g/mol. The minimum atomic E-state index is 0.376. The van der Waals surface area contributed by atoms with Gasteiger partial charge in [-0.3, -0.25) is 0 Å². The van der Waals surface area contributed by atoms with Crippen LogP contribution in [0.4, 0.5) is 0 Å². The lowest BCUT2D eigenvalue weighted by Gasteiger charge is -2.32. The van der Waals surface area contributed by atoms with Gasteiger partial charge < -0.3 is 0 Å². The summed E-state index contributed by atoms with van der Waals surface area (Å²) < 4.78 is 0. The molecule has 0 amide bonds. The highest BCUT2D eigenvalue weighted by Gasteiger charge is 2.27. The van der Waals surface area contributed by atoms with Crippen molar-refractivity contribution in [2.75, 3.05) is 0 Å². The Kier molecular flexibility index (Phi) is 4.37. The molecule has 1 heteroatoms. The first-order valence-electron chi connectivity index (χ1n) is 7.18. The molecule has 0 radical (unpaired) electrons. The van der Waals surface area contributed by atoms with Crippen LogP contribution in [0.2, 0.25) is 0 Å². The maximum absolute atomic E-state index is 6.53. The summed E-state index contributed by atoms with van der Waals surface area (Å²) >= 11 is 6.53. The second-order valence-corrected chi connectivity index (χ2v) is 6.84. The van der Waals surface area contributed by atoms with Gasteiger partial charge in [0.1, 0.15) is 0 Å². The Morgan fingerprint density at radius 2 is 1.72 bits per heavy atom. The highest BCUT2D eigenvalue weighted by atomic mass is 35.5. The molecular formula is C17H25Cl. The fourth-order valence-electron chi connectivity index (χ4n) is 3.47. The maximum atomic E-state index is 6.53. The van der Waals surface area contributed by atoms with Crippen LogP contribution in [0.1, 0.15) is 48.4 Å². The van der Waals surface area contributed by atoms with Crippen molar-refractivity contribution in [2.45, 2.75) is 58.8 Å². The molecule has 1 aromatic carbocycles. The number of hydrogen-bond acceptors (Lipinski definition) is 0. The quantitative estimate of drug-likeness (QED) is 0.644. The van der Waals surface area contributed by atoms with E-state index in [4.69, 9.17) is 11.6 Å². The second-order valence-electron chi connectivity index (χ2n) is 6.28. The summed E-state index contributed by atoms with van der Waals surface area (Å²) in [4.78, 5) is 0. The second kappa shape index (κ2) is 5.65. The smallest absolute Gasteiger partial charge is 0.0367 e. The third-order valence-electron chi connectivity index (χ3n) is 4.46. The number of halogens is 1. The summed E-state index contributed by atoms with van der Waals surface area (Å²) in [5.74, 6) is 1.51. The fourth-order valence-corrected chi connectivity index (χ4v) is 3.79. The molecule has 0 nitrogen and oxygen atoms in total. The van der Waals surface area contributed by atoms with Crippen LogP contribution in [0.25, 0.3) is 0 Å². The highest BCUT2D eigenvalue weighted by molar-refractivity contribution is 6.20. The number of hydrogen-bond donors (Lipinski definition) is 0. The van der Waals surface area contributed by atoms with E-state index in [1.165, 1.54) is 41.5 Å². The van der Waals surface area contributed by atoms with Crippen molar-refractivity contribution in [2.24, 2.45) is 11.8 Å². The Hall–Kier alpha value is -0.490. The molecule has 2 rings (SSSR count). The van der Waals surface area contributed by atoms with Gasteiger partial charge in [-0.15, -0.1) is 11.6 Å². The van der Waals surface area contributed by atoms with Crippen molar-refractivity contribution in [3.05, 3.63) is 34.4 Å². The molecule has 0 N–H and O–H groups in total. The van der Waals surface area contributed by atoms with E-state index in [1.807, 2.05) is 0 Å². The summed E-state index contributed by atoms with van der Waals surface area (Å²) in [5, 5.41) is 0.376. The minimum Gasteiger partial charge on any atom is -0.123 e. The molecule has 100 valence electrons. The van der Waals surface area contributed by atoms with Gasteiger partial charge in [0.25, 0.3) is 0 Å². The third-order valence-corrected chi connectivity index (χ3v) is 5.03. The average molecular weight is 265 g/mol. The average Bonchev–Trinajstić information content (AvgIpc) is 2.28. The molecule has 3 unspecified atom stereocenters. The lowest BCUT2D eigenvalue weighted by atomic mass is 9.78. The zero-order valence-corrected chi connectivity index (χ0v) is 12.8. The van der Waals surface area contributed by atoms with Crippen LogP contribution in [0.3, 0.4) is 0 Å². The topological polar surface area (TPSA) is 0 Å². The van der Waals surface area contributed by atoms with Crippen molar-refractivity contribution < 1.29 is 0 Å². The van der Waals surface area contributed by atoms with Crippen LogP contribution in [0, 0.1) is 32.6 Å². The lowest BCUT2D eigenvalue weighted by molar-refractivity contribution is 0.286. The summed E-state index contributed by atoms with van der Waals surface area (Å²) in [6.45, 7) is 9.02. The molecule has 0 spiro atoms. The third kappa shape index (κ3) is 3.09. The lowest BCUT2D eigenvalue weighted by Crippen LogP contribution is -2.26. The van der Waals surface area contributed by atoms with Gasteiger partial charge in [-0.1, -0.05) is 24.6 Å². The van der Waals surface area contributed by atoms with Gasteiger partial charge in [-0.05, 0) is 75.0 Å². The van der Waals surface area contributed by atoms with Crippen molar-refractivity contribution in [3.63, 3.8) is 0 Å². The van der Waals surface area contributed by atoms with Gasteiger partial charge in [-0.2, -0.15) is 0 Å². The minimum absolute atomic E-state index is 0.376. The standard InChI is InChI=1S/C17H25Cl/c1-11-5-6-17(18)15(9-11)10-16-13(3)7-12(2)8-14(16)4/h7-8,11,15,17H,5-6,9-10H2,1-4H3. The Labute approximate surface area is 117 Å². The van der Waals surface area contributed by atoms with Gasteiger partial charge in [0.15, 0.2) is 0 Å². The predicted molar refractivity (Wildman–Crippen MR) is 80.5 cm³/mol. The molecule has 1 aliphatic carbocycles. The molecule has 0 aliphatic heterocycles. The van der Waals surface area contributed by atoms with E-state index >= 15 is 0 Å². The van der Waals surface area contributed by atoms with E-state index in [0.717, 1.165) is 12.3 Å². The van der Waals surface area contributed by atoms with Crippen molar-refractivity contribution in [1.82, 2.24) is 0 Å². The molecule has 1 fully saturated rings. The zero-order valence-electron chi connectivity index (χ0n) is 12.1. The van der Waals surface area contributed by atoms with Crippen LogP contribution in [0.15, 0.2) is 12.1 Å². The summed E-state index contributed by atoms with van der Waals surface area (Å²) in [5.41, 5.74) is 5.78. The van der Waals surface area contributed by atoms with E-state index in [0.29, 0.717) is 11.3 Å². The van der Waals surface area contributed by atoms with Gasteiger partial charge in [0, 0.05) is 5.38 Å². The molecule has 18 heavy (non-hydrogen) atoms. The Morgan fingerprint density at radius 1 is 1.11 bits per heavy atom. The first kappa shape index (κ1) is 13.9. The summed E-state index contributed by atoms with van der Waals surface area (Å²) in [7, 11) is 0. The molecule has 0 aromatic heterocycles. The van der Waals surface area contributed by atoms with Gasteiger partial charge in [0.05, 0.1) is 0 Å². The number of alkyl halides is 1. The zero-order chi connectivity index (χ0) is 13.3. The first-order valence-corrected chi connectivity index (χ1v) is 7.61. The molecule has 1 aromatic rings. The molecule has 1 aliphatic rings. The summed E-state index contributed by atoms with van der Waals surface area (Å²) in [6.07, 6.45) is 4.95. The number of rotatable bonds is 2. The number of aryl methyl sites for hydroxylation is 3. The van der Waals surface area contributed by atoms with Crippen LogP contribution >= 0.6 is 11.6 Å². The normalized spacial score (nSPS) is 28.4. The SMILES string of the molecule is Cc1cc(C)c(CC2CC(C)CCC2Cl)c(C)c1. The van der Waals surface area contributed by atoms with Crippen LogP contribution in [0.5, 0.6) is 0 Å². The highest BCUT2D eigenvalue weighted by Crippen LogP contribution is 2.35. The fraction of sp³-hybridized carbons (Fsp3) is 0.647. The van der Waals surface area contributed by atoms with E-state index in [-0.39, 0.29) is 0 Å². The van der Waals surface area contributed by atoms with Gasteiger partial charge in [0.2, 0.25) is 0 Å².